The largest absolute Gasteiger partial charge is 0.358 e. The maximum atomic E-state index is 11.6. The zero-order valence-corrected chi connectivity index (χ0v) is 10.9. The molecule has 1 aromatic rings. The number of halogens is 1. The van der Waals surface area contributed by atoms with Gasteiger partial charge < -0.3 is 15.4 Å². The van der Waals surface area contributed by atoms with Crippen LogP contribution in [0.2, 0.25) is 0 Å². The number of carbonyl (C=O) groups excluding carboxylic acids is 1. The van der Waals surface area contributed by atoms with Crippen LogP contribution in [0, 0.1) is 10.1 Å². The first-order valence-corrected chi connectivity index (χ1v) is 6.24. The molecule has 0 unspecified atom stereocenters. The van der Waals surface area contributed by atoms with E-state index >= 15 is 0 Å². The highest BCUT2D eigenvalue weighted by atomic mass is 127. The van der Waals surface area contributed by atoms with E-state index in [4.69, 9.17) is 0 Å². The van der Waals surface area contributed by atoms with Crippen molar-refractivity contribution in [3.8, 4) is 0 Å². The van der Waals surface area contributed by atoms with Gasteiger partial charge in [0.1, 0.15) is 0 Å². The van der Waals surface area contributed by atoms with Gasteiger partial charge in [0.25, 0.3) is 5.91 Å². The van der Waals surface area contributed by atoms with Crippen LogP contribution in [0.15, 0.2) is 12.1 Å². The Kier molecular flexibility index (Phi) is 4.71. The smallest absolute Gasteiger partial charge is 0.323 e. The van der Waals surface area contributed by atoms with Crippen molar-refractivity contribution in [1.29, 1.82) is 0 Å². The lowest BCUT2D eigenvalue weighted by Gasteiger charge is -2.02. The van der Waals surface area contributed by atoms with Gasteiger partial charge >= 0.3 is 5.82 Å². The fourth-order valence-corrected chi connectivity index (χ4v) is 1.65. The third kappa shape index (κ3) is 2.94. The van der Waals surface area contributed by atoms with Crippen molar-refractivity contribution in [2.24, 2.45) is 7.05 Å². The van der Waals surface area contributed by atoms with E-state index in [0.717, 1.165) is 10.8 Å². The molecule has 0 radical (unpaired) electrons. The summed E-state index contributed by atoms with van der Waals surface area (Å²) in [6, 6.07) is 2.78. The van der Waals surface area contributed by atoms with E-state index in [0.29, 0.717) is 12.2 Å². The first-order chi connectivity index (χ1) is 7.57. The number of hydrogen-bond acceptors (Lipinski definition) is 3. The van der Waals surface area contributed by atoms with Crippen LogP contribution in [0.1, 0.15) is 16.9 Å². The van der Waals surface area contributed by atoms with Crippen LogP contribution in [0.5, 0.6) is 0 Å². The first kappa shape index (κ1) is 12.9. The van der Waals surface area contributed by atoms with Gasteiger partial charge in [0.05, 0.1) is 7.05 Å². The molecule has 0 spiro atoms. The monoisotopic (exact) mass is 337 g/mol. The maximum Gasteiger partial charge on any atom is 0.323 e. The van der Waals surface area contributed by atoms with Gasteiger partial charge in [0.15, 0.2) is 5.69 Å². The molecule has 1 aromatic heterocycles. The van der Waals surface area contributed by atoms with Gasteiger partial charge in [-0.2, -0.15) is 0 Å². The van der Waals surface area contributed by atoms with Crippen LogP contribution < -0.4 is 5.32 Å². The Balaban J connectivity index is 2.73. The molecule has 1 heterocycles. The Morgan fingerprint density at radius 2 is 2.31 bits per heavy atom. The number of nitrogens with one attached hydrogen (secondary N) is 1. The second-order valence-electron chi connectivity index (χ2n) is 3.19. The number of rotatable bonds is 5. The predicted molar refractivity (Wildman–Crippen MR) is 67.9 cm³/mol. The lowest BCUT2D eigenvalue weighted by atomic mass is 10.4. The topological polar surface area (TPSA) is 77.2 Å². The predicted octanol–water partition coefficient (Wildman–Crippen LogP) is 1.49. The van der Waals surface area contributed by atoms with Crippen molar-refractivity contribution in [3.05, 3.63) is 27.9 Å². The fraction of sp³-hybridized carbons (Fsp3) is 0.444. The van der Waals surface area contributed by atoms with E-state index in [1.807, 2.05) is 0 Å². The van der Waals surface area contributed by atoms with Gasteiger partial charge in [0.2, 0.25) is 0 Å². The average Bonchev–Trinajstić information content (AvgIpc) is 2.60. The van der Waals surface area contributed by atoms with Gasteiger partial charge in [-0.3, -0.25) is 4.79 Å². The number of alkyl halides is 1. The summed E-state index contributed by atoms with van der Waals surface area (Å²) in [5.41, 5.74) is 0.306. The molecule has 0 aliphatic rings. The van der Waals surface area contributed by atoms with Crippen molar-refractivity contribution < 1.29 is 9.72 Å². The molecule has 0 aliphatic carbocycles. The third-order valence-electron chi connectivity index (χ3n) is 2.11. The van der Waals surface area contributed by atoms with Gasteiger partial charge in [-0.05, 0) is 17.4 Å². The zero-order valence-electron chi connectivity index (χ0n) is 8.77. The van der Waals surface area contributed by atoms with Gasteiger partial charge in [0, 0.05) is 17.0 Å². The highest BCUT2D eigenvalue weighted by Gasteiger charge is 2.19. The van der Waals surface area contributed by atoms with Gasteiger partial charge in [-0.1, -0.05) is 22.6 Å². The van der Waals surface area contributed by atoms with E-state index in [1.54, 1.807) is 0 Å². The molecular formula is C9H12IN3O3. The van der Waals surface area contributed by atoms with Crippen LogP contribution in [-0.4, -0.2) is 26.4 Å². The molecule has 0 saturated heterocycles. The van der Waals surface area contributed by atoms with Gasteiger partial charge in [-0.15, -0.1) is 0 Å². The molecule has 0 saturated carbocycles. The van der Waals surface area contributed by atoms with Crippen LogP contribution in [0.25, 0.3) is 0 Å². The standard InChI is InChI=1S/C9H12IN3O3/c1-12-7(3-4-8(12)13(15)16)9(14)11-6-2-5-10/h3-4H,2,5-6H2,1H3,(H,11,14). The fourth-order valence-electron chi connectivity index (χ4n) is 1.27. The van der Waals surface area contributed by atoms with E-state index < -0.39 is 4.92 Å². The van der Waals surface area contributed by atoms with Crippen LogP contribution >= 0.6 is 22.6 Å². The highest BCUT2D eigenvalue weighted by Crippen LogP contribution is 2.14. The Hall–Kier alpha value is -1.12. The summed E-state index contributed by atoms with van der Waals surface area (Å²) in [4.78, 5) is 21.7. The van der Waals surface area contributed by atoms with E-state index in [2.05, 4.69) is 27.9 Å². The van der Waals surface area contributed by atoms with Crippen molar-refractivity contribution in [2.45, 2.75) is 6.42 Å². The molecule has 7 heteroatoms. The number of hydrogen-bond donors (Lipinski definition) is 1. The summed E-state index contributed by atoms with van der Waals surface area (Å²) in [6.07, 6.45) is 0.888. The normalized spacial score (nSPS) is 10.1. The lowest BCUT2D eigenvalue weighted by Crippen LogP contribution is -2.26. The van der Waals surface area contributed by atoms with Crippen molar-refractivity contribution >= 4 is 34.3 Å². The second kappa shape index (κ2) is 5.83. The highest BCUT2D eigenvalue weighted by molar-refractivity contribution is 14.1. The SMILES string of the molecule is Cn1c(C(=O)NCCCI)ccc1[N+](=O)[O-]. The minimum absolute atomic E-state index is 0.0842. The van der Waals surface area contributed by atoms with Gasteiger partial charge in [-0.25, -0.2) is 4.57 Å². The number of amides is 1. The average molecular weight is 337 g/mol. The summed E-state index contributed by atoms with van der Waals surface area (Å²) in [7, 11) is 1.51. The Morgan fingerprint density at radius 3 is 2.81 bits per heavy atom. The molecule has 16 heavy (non-hydrogen) atoms. The number of nitro groups is 1. The van der Waals surface area contributed by atoms with Crippen molar-refractivity contribution in [3.63, 3.8) is 0 Å². The lowest BCUT2D eigenvalue weighted by molar-refractivity contribution is -0.391. The summed E-state index contributed by atoms with van der Waals surface area (Å²) < 4.78 is 2.24. The molecule has 0 bridgehead atoms. The van der Waals surface area contributed by atoms with Crippen LogP contribution in [-0.2, 0) is 7.05 Å². The summed E-state index contributed by atoms with van der Waals surface area (Å²) in [6.45, 7) is 0.584. The molecule has 88 valence electrons. The molecule has 0 aliphatic heterocycles. The first-order valence-electron chi connectivity index (χ1n) is 4.72. The molecule has 0 fully saturated rings. The summed E-state index contributed by atoms with van der Waals surface area (Å²) in [5, 5.41) is 13.3. The number of aromatic nitrogens is 1. The van der Waals surface area contributed by atoms with Crippen molar-refractivity contribution in [1.82, 2.24) is 9.88 Å². The van der Waals surface area contributed by atoms with E-state index in [1.165, 1.54) is 23.7 Å². The molecule has 1 N–H and O–H groups in total. The number of carbonyl (C=O) groups is 1. The maximum absolute atomic E-state index is 11.6. The third-order valence-corrected chi connectivity index (χ3v) is 2.87. The van der Waals surface area contributed by atoms with E-state index in [-0.39, 0.29) is 11.7 Å². The quantitative estimate of drug-likeness (QED) is 0.291. The van der Waals surface area contributed by atoms with Crippen LogP contribution in [0.3, 0.4) is 0 Å². The molecule has 0 atom stereocenters. The Bertz CT molecular complexity index is 403. The molecular weight excluding hydrogens is 325 g/mol. The second-order valence-corrected chi connectivity index (χ2v) is 4.27. The summed E-state index contributed by atoms with van der Waals surface area (Å²) in [5.74, 6) is -0.362. The van der Waals surface area contributed by atoms with E-state index in [9.17, 15) is 14.9 Å². The molecule has 6 nitrogen and oxygen atoms in total. The number of nitrogens with zero attached hydrogens (tertiary/aromatic N) is 2. The van der Waals surface area contributed by atoms with Crippen molar-refractivity contribution in [2.75, 3.05) is 11.0 Å². The Morgan fingerprint density at radius 1 is 1.62 bits per heavy atom. The zero-order chi connectivity index (χ0) is 12.1. The minimum Gasteiger partial charge on any atom is -0.358 e. The van der Waals surface area contributed by atoms with Crippen LogP contribution in [0.4, 0.5) is 5.82 Å². The molecule has 1 amide bonds. The summed E-state index contributed by atoms with van der Waals surface area (Å²) >= 11 is 2.22. The minimum atomic E-state index is -0.512. The molecule has 0 aromatic carbocycles. The molecule has 1 rings (SSSR count). The Labute approximate surface area is 106 Å².